The topological polar surface area (TPSA) is 35.2 Å². The van der Waals surface area contributed by atoms with E-state index >= 15 is 0 Å². The Bertz CT molecular complexity index is 380. The molecule has 0 aliphatic heterocycles. The van der Waals surface area contributed by atoms with Gasteiger partial charge in [-0.05, 0) is 49.0 Å². The highest BCUT2D eigenvalue weighted by Gasteiger charge is 2.11. The first-order chi connectivity index (χ1) is 8.29. The number of benzene rings is 1. The van der Waals surface area contributed by atoms with E-state index in [-0.39, 0.29) is 6.04 Å². The first-order valence-electron chi connectivity index (χ1n) is 6.49. The number of hydrogen-bond donors (Lipinski definition) is 1. The second-order valence-electron chi connectivity index (χ2n) is 4.62. The average Bonchev–Trinajstić information content (AvgIpc) is 2.37. The molecule has 17 heavy (non-hydrogen) atoms. The molecule has 0 saturated carbocycles. The van der Waals surface area contributed by atoms with Gasteiger partial charge in [-0.3, -0.25) is 0 Å². The quantitative estimate of drug-likeness (QED) is 0.862. The lowest BCUT2D eigenvalue weighted by molar-refractivity contribution is 0.317. The van der Waals surface area contributed by atoms with Gasteiger partial charge < -0.3 is 10.5 Å². The maximum Gasteiger partial charge on any atom is 0.119 e. The fraction of sp³-hybridized carbons (Fsp3) is 0.467. The SMILES string of the molecule is CCCOc1ccc(C2=CC(N)CCC2)cc1. The Labute approximate surface area is 103 Å². The molecule has 1 aliphatic rings. The van der Waals surface area contributed by atoms with Gasteiger partial charge in [-0.15, -0.1) is 0 Å². The van der Waals surface area contributed by atoms with Crippen LogP contribution in [0.1, 0.15) is 38.2 Å². The van der Waals surface area contributed by atoms with Crippen molar-refractivity contribution in [2.45, 2.75) is 38.6 Å². The van der Waals surface area contributed by atoms with Gasteiger partial charge in [-0.2, -0.15) is 0 Å². The zero-order valence-corrected chi connectivity index (χ0v) is 10.5. The molecule has 1 aromatic rings. The van der Waals surface area contributed by atoms with E-state index in [1.165, 1.54) is 17.6 Å². The molecule has 1 atom stereocenters. The summed E-state index contributed by atoms with van der Waals surface area (Å²) in [6.07, 6.45) is 6.69. The van der Waals surface area contributed by atoms with E-state index in [1.807, 2.05) is 12.1 Å². The van der Waals surface area contributed by atoms with Crippen LogP contribution in [0.2, 0.25) is 0 Å². The Hall–Kier alpha value is -1.28. The van der Waals surface area contributed by atoms with Gasteiger partial charge in [0.05, 0.1) is 6.61 Å². The largest absolute Gasteiger partial charge is 0.494 e. The fourth-order valence-corrected chi connectivity index (χ4v) is 2.18. The summed E-state index contributed by atoms with van der Waals surface area (Å²) in [6, 6.07) is 8.59. The summed E-state index contributed by atoms with van der Waals surface area (Å²) in [5.41, 5.74) is 8.62. The van der Waals surface area contributed by atoms with Crippen LogP contribution in [-0.4, -0.2) is 12.6 Å². The number of ether oxygens (including phenoxy) is 1. The van der Waals surface area contributed by atoms with Crippen LogP contribution < -0.4 is 10.5 Å². The lowest BCUT2D eigenvalue weighted by Gasteiger charge is -2.18. The molecule has 0 bridgehead atoms. The van der Waals surface area contributed by atoms with Crippen LogP contribution in [0.25, 0.3) is 5.57 Å². The standard InChI is InChI=1S/C15H21NO/c1-2-10-17-15-8-6-12(7-9-15)13-4-3-5-14(16)11-13/h6-9,11,14H,2-5,10,16H2,1H3. The molecule has 0 spiro atoms. The van der Waals surface area contributed by atoms with Crippen molar-refractivity contribution in [3.05, 3.63) is 35.9 Å². The summed E-state index contributed by atoms with van der Waals surface area (Å²) in [6.45, 7) is 2.90. The van der Waals surface area contributed by atoms with E-state index in [2.05, 4.69) is 25.1 Å². The highest BCUT2D eigenvalue weighted by molar-refractivity contribution is 5.67. The summed E-state index contributed by atoms with van der Waals surface area (Å²) in [4.78, 5) is 0. The van der Waals surface area contributed by atoms with Gasteiger partial charge >= 0.3 is 0 Å². The molecule has 0 amide bonds. The van der Waals surface area contributed by atoms with E-state index in [0.717, 1.165) is 31.6 Å². The van der Waals surface area contributed by atoms with Crippen molar-refractivity contribution in [1.29, 1.82) is 0 Å². The molecule has 0 aromatic heterocycles. The van der Waals surface area contributed by atoms with E-state index in [1.54, 1.807) is 0 Å². The Morgan fingerprint density at radius 1 is 1.29 bits per heavy atom. The third-order valence-corrected chi connectivity index (χ3v) is 3.10. The number of nitrogens with two attached hydrogens (primary N) is 1. The number of rotatable bonds is 4. The average molecular weight is 231 g/mol. The van der Waals surface area contributed by atoms with Crippen LogP contribution in [0.15, 0.2) is 30.3 Å². The zero-order valence-electron chi connectivity index (χ0n) is 10.5. The summed E-state index contributed by atoms with van der Waals surface area (Å²) in [5, 5.41) is 0. The zero-order chi connectivity index (χ0) is 12.1. The monoisotopic (exact) mass is 231 g/mol. The second-order valence-corrected chi connectivity index (χ2v) is 4.62. The normalized spacial score (nSPS) is 19.9. The maximum atomic E-state index is 5.96. The predicted octanol–water partition coefficient (Wildman–Crippen LogP) is 3.37. The molecule has 0 saturated heterocycles. The fourth-order valence-electron chi connectivity index (χ4n) is 2.18. The molecule has 2 N–H and O–H groups in total. The number of hydrogen-bond acceptors (Lipinski definition) is 2. The Balaban J connectivity index is 2.07. The number of allylic oxidation sites excluding steroid dienone is 1. The maximum absolute atomic E-state index is 5.96. The van der Waals surface area contributed by atoms with Crippen LogP contribution in [-0.2, 0) is 0 Å². The summed E-state index contributed by atoms with van der Waals surface area (Å²) >= 11 is 0. The van der Waals surface area contributed by atoms with Crippen molar-refractivity contribution in [2.24, 2.45) is 5.73 Å². The molecule has 0 heterocycles. The van der Waals surface area contributed by atoms with E-state index in [9.17, 15) is 0 Å². The lowest BCUT2D eigenvalue weighted by atomic mass is 9.91. The third-order valence-electron chi connectivity index (χ3n) is 3.10. The molecule has 0 fully saturated rings. The summed E-state index contributed by atoms with van der Waals surface area (Å²) in [5.74, 6) is 0.955. The van der Waals surface area contributed by atoms with Gasteiger partial charge in [0.1, 0.15) is 5.75 Å². The second kappa shape index (κ2) is 5.87. The van der Waals surface area contributed by atoms with Gasteiger partial charge in [-0.25, -0.2) is 0 Å². The smallest absolute Gasteiger partial charge is 0.119 e. The minimum absolute atomic E-state index is 0.231. The highest BCUT2D eigenvalue weighted by atomic mass is 16.5. The van der Waals surface area contributed by atoms with Crippen molar-refractivity contribution in [2.75, 3.05) is 6.61 Å². The first-order valence-corrected chi connectivity index (χ1v) is 6.49. The first kappa shape index (κ1) is 12.2. The molecule has 2 heteroatoms. The molecule has 0 radical (unpaired) electrons. The molecule has 1 aromatic carbocycles. The van der Waals surface area contributed by atoms with Crippen molar-refractivity contribution in [3.63, 3.8) is 0 Å². The van der Waals surface area contributed by atoms with Crippen LogP contribution >= 0.6 is 0 Å². The van der Waals surface area contributed by atoms with Crippen LogP contribution in [0.3, 0.4) is 0 Å². The molecule has 92 valence electrons. The van der Waals surface area contributed by atoms with Gasteiger partial charge in [0.2, 0.25) is 0 Å². The molecule has 1 unspecified atom stereocenters. The van der Waals surface area contributed by atoms with Crippen molar-refractivity contribution >= 4 is 5.57 Å². The van der Waals surface area contributed by atoms with Crippen LogP contribution in [0.5, 0.6) is 5.75 Å². The third kappa shape index (κ3) is 3.34. The molecular formula is C15H21NO. The molecular weight excluding hydrogens is 210 g/mol. The van der Waals surface area contributed by atoms with Crippen LogP contribution in [0, 0.1) is 0 Å². The summed E-state index contributed by atoms with van der Waals surface area (Å²) in [7, 11) is 0. The van der Waals surface area contributed by atoms with Gasteiger partial charge in [0, 0.05) is 6.04 Å². The van der Waals surface area contributed by atoms with Crippen molar-refractivity contribution in [1.82, 2.24) is 0 Å². The lowest BCUT2D eigenvalue weighted by Crippen LogP contribution is -2.19. The van der Waals surface area contributed by atoms with E-state index in [4.69, 9.17) is 10.5 Å². The van der Waals surface area contributed by atoms with Crippen LogP contribution in [0.4, 0.5) is 0 Å². The molecule has 2 nitrogen and oxygen atoms in total. The van der Waals surface area contributed by atoms with Gasteiger partial charge in [0.25, 0.3) is 0 Å². The van der Waals surface area contributed by atoms with E-state index < -0.39 is 0 Å². The van der Waals surface area contributed by atoms with E-state index in [0.29, 0.717) is 0 Å². The Morgan fingerprint density at radius 3 is 2.71 bits per heavy atom. The summed E-state index contributed by atoms with van der Waals surface area (Å²) < 4.78 is 5.57. The van der Waals surface area contributed by atoms with Crippen molar-refractivity contribution < 1.29 is 4.74 Å². The predicted molar refractivity (Wildman–Crippen MR) is 72.0 cm³/mol. The molecule has 1 aliphatic carbocycles. The Kier molecular flexibility index (Phi) is 4.21. The molecule has 2 rings (SSSR count). The minimum Gasteiger partial charge on any atom is -0.494 e. The minimum atomic E-state index is 0.231. The van der Waals surface area contributed by atoms with Gasteiger partial charge in [0.15, 0.2) is 0 Å². The van der Waals surface area contributed by atoms with Crippen molar-refractivity contribution in [3.8, 4) is 5.75 Å². The Morgan fingerprint density at radius 2 is 2.06 bits per heavy atom. The van der Waals surface area contributed by atoms with Gasteiger partial charge in [-0.1, -0.05) is 25.1 Å². The highest BCUT2D eigenvalue weighted by Crippen LogP contribution is 2.27.